The van der Waals surface area contributed by atoms with Crippen molar-refractivity contribution < 1.29 is 14.6 Å². The summed E-state index contributed by atoms with van der Waals surface area (Å²) in [6.07, 6.45) is 1.07. The lowest BCUT2D eigenvalue weighted by atomic mass is 10.0. The molecule has 1 rings (SSSR count). The zero-order valence-electron chi connectivity index (χ0n) is 8.04. The van der Waals surface area contributed by atoms with Crippen LogP contribution in [0.3, 0.4) is 0 Å². The molecule has 13 heavy (non-hydrogen) atoms. The Balaban J connectivity index is 2.56. The number of carbonyl (C=O) groups excluding carboxylic acids is 1. The Morgan fingerprint density at radius 2 is 2.38 bits per heavy atom. The van der Waals surface area contributed by atoms with Gasteiger partial charge in [-0.05, 0) is 19.9 Å². The van der Waals surface area contributed by atoms with Crippen molar-refractivity contribution in [3.8, 4) is 0 Å². The molecule has 1 aliphatic heterocycles. The van der Waals surface area contributed by atoms with E-state index in [-0.39, 0.29) is 12.6 Å². The smallest absolute Gasteiger partial charge is 0.409 e. The molecule has 0 aromatic rings. The maximum absolute atomic E-state index is 11.1. The van der Waals surface area contributed by atoms with Gasteiger partial charge in [0.15, 0.2) is 0 Å². The van der Waals surface area contributed by atoms with E-state index in [9.17, 15) is 9.90 Å². The van der Waals surface area contributed by atoms with Crippen molar-refractivity contribution in [1.29, 1.82) is 0 Å². The Kier molecular flexibility index (Phi) is 3.11. The summed E-state index contributed by atoms with van der Waals surface area (Å²) in [5.74, 6) is 0. The van der Waals surface area contributed by atoms with Gasteiger partial charge in [-0.1, -0.05) is 0 Å². The van der Waals surface area contributed by atoms with Crippen LogP contribution in [0.4, 0.5) is 4.79 Å². The maximum atomic E-state index is 11.1. The summed E-state index contributed by atoms with van der Waals surface area (Å²) in [4.78, 5) is 12.6. The Bertz CT molecular complexity index is 198. The fourth-order valence-electron chi connectivity index (χ4n) is 1.53. The average molecular weight is 188 g/mol. The lowest BCUT2D eigenvalue weighted by molar-refractivity contribution is -0.0472. The highest BCUT2D eigenvalue weighted by atomic mass is 16.5. The summed E-state index contributed by atoms with van der Waals surface area (Å²) < 4.78 is 4.58. The van der Waals surface area contributed by atoms with Crippen LogP contribution in [0, 0.1) is 0 Å². The van der Waals surface area contributed by atoms with Gasteiger partial charge in [-0.3, -0.25) is 5.32 Å². The molecule has 0 aromatic carbocycles. The molecule has 1 saturated heterocycles. The number of methoxy groups -OCH3 is 1. The van der Waals surface area contributed by atoms with Crippen molar-refractivity contribution >= 4 is 6.09 Å². The number of nitrogens with zero attached hydrogens (tertiary/aromatic N) is 1. The van der Waals surface area contributed by atoms with Crippen molar-refractivity contribution in [1.82, 2.24) is 10.2 Å². The lowest BCUT2D eigenvalue weighted by Crippen LogP contribution is -2.57. The lowest BCUT2D eigenvalue weighted by Gasteiger charge is -2.37. The first kappa shape index (κ1) is 10.3. The number of carbonyl (C=O) groups is 1. The van der Waals surface area contributed by atoms with Crippen LogP contribution in [-0.2, 0) is 4.74 Å². The van der Waals surface area contributed by atoms with Crippen LogP contribution in [0.2, 0.25) is 0 Å². The van der Waals surface area contributed by atoms with Gasteiger partial charge in [-0.2, -0.15) is 0 Å². The number of aliphatic hydroxyl groups is 1. The Labute approximate surface area is 77.7 Å². The van der Waals surface area contributed by atoms with Gasteiger partial charge in [0.05, 0.1) is 13.7 Å². The van der Waals surface area contributed by atoms with Gasteiger partial charge < -0.3 is 14.7 Å². The highest BCUT2D eigenvalue weighted by molar-refractivity contribution is 5.67. The molecule has 1 fully saturated rings. The Hall–Kier alpha value is -0.810. The van der Waals surface area contributed by atoms with Crippen LogP contribution in [0.25, 0.3) is 0 Å². The molecule has 1 amide bonds. The summed E-state index contributed by atoms with van der Waals surface area (Å²) in [7, 11) is 3.02. The van der Waals surface area contributed by atoms with E-state index < -0.39 is 5.72 Å². The van der Waals surface area contributed by atoms with Gasteiger partial charge in [-0.15, -0.1) is 0 Å². The largest absolute Gasteiger partial charge is 0.453 e. The molecule has 0 bridgehead atoms. The van der Waals surface area contributed by atoms with E-state index in [1.807, 2.05) is 0 Å². The molecule has 5 heteroatoms. The second-order valence-electron chi connectivity index (χ2n) is 3.28. The van der Waals surface area contributed by atoms with E-state index in [4.69, 9.17) is 0 Å². The topological polar surface area (TPSA) is 61.8 Å². The molecule has 2 N–H and O–H groups in total. The summed E-state index contributed by atoms with van der Waals surface area (Å²) in [6, 6.07) is 0. The fourth-order valence-corrected chi connectivity index (χ4v) is 1.53. The first-order chi connectivity index (χ1) is 6.11. The number of amides is 1. The minimum atomic E-state index is -0.952. The highest BCUT2D eigenvalue weighted by Gasteiger charge is 2.33. The molecule has 1 unspecified atom stereocenters. The third-order valence-electron chi connectivity index (χ3n) is 2.37. The quantitative estimate of drug-likeness (QED) is 0.557. The van der Waals surface area contributed by atoms with Crippen molar-refractivity contribution in [2.45, 2.75) is 18.6 Å². The maximum Gasteiger partial charge on any atom is 0.409 e. The number of nitrogens with one attached hydrogen (secondary N) is 1. The average Bonchev–Trinajstić information content (AvgIpc) is 2.17. The monoisotopic (exact) mass is 188 g/mol. The fraction of sp³-hybridized carbons (Fsp3) is 0.875. The molecule has 0 radical (unpaired) electrons. The third-order valence-corrected chi connectivity index (χ3v) is 2.37. The Morgan fingerprint density at radius 3 is 2.92 bits per heavy atom. The van der Waals surface area contributed by atoms with E-state index in [1.165, 1.54) is 12.0 Å². The van der Waals surface area contributed by atoms with E-state index in [2.05, 4.69) is 10.1 Å². The van der Waals surface area contributed by atoms with Crippen molar-refractivity contribution in [2.75, 3.05) is 27.2 Å². The second-order valence-corrected chi connectivity index (χ2v) is 3.28. The summed E-state index contributed by atoms with van der Waals surface area (Å²) in [6.45, 7) is 0.937. The van der Waals surface area contributed by atoms with Crippen LogP contribution < -0.4 is 5.32 Å². The number of ether oxygens (including phenoxy) is 1. The standard InChI is InChI=1S/C8H16N2O3/c1-9-8(12)4-3-5-10(6-8)7(11)13-2/h9,12H,3-6H2,1-2H3. The number of β-amino-alcohol motifs (C(OH)–C–C–N with tert-alkyl or cyclic N) is 1. The molecule has 1 aliphatic rings. The van der Waals surface area contributed by atoms with Gasteiger partial charge in [0, 0.05) is 6.54 Å². The number of likely N-dealkylation sites (tertiary alicyclic amines) is 1. The van der Waals surface area contributed by atoms with Crippen LogP contribution in [0.5, 0.6) is 0 Å². The summed E-state index contributed by atoms with van der Waals surface area (Å²) >= 11 is 0. The first-order valence-electron chi connectivity index (χ1n) is 4.35. The van der Waals surface area contributed by atoms with Crippen LogP contribution >= 0.6 is 0 Å². The molecule has 0 aliphatic carbocycles. The molecular weight excluding hydrogens is 172 g/mol. The second kappa shape index (κ2) is 3.93. The predicted molar refractivity (Wildman–Crippen MR) is 47.2 cm³/mol. The molecule has 5 nitrogen and oxygen atoms in total. The minimum absolute atomic E-state index is 0.288. The zero-order valence-corrected chi connectivity index (χ0v) is 8.04. The molecule has 0 spiro atoms. The molecule has 1 heterocycles. The number of piperidine rings is 1. The van der Waals surface area contributed by atoms with Crippen molar-refractivity contribution in [2.24, 2.45) is 0 Å². The normalized spacial score (nSPS) is 28.7. The number of hydrogen-bond acceptors (Lipinski definition) is 4. The van der Waals surface area contributed by atoms with Gasteiger partial charge in [-0.25, -0.2) is 4.79 Å². The number of rotatable bonds is 1. The van der Waals surface area contributed by atoms with Crippen molar-refractivity contribution in [3.63, 3.8) is 0 Å². The minimum Gasteiger partial charge on any atom is -0.453 e. The van der Waals surface area contributed by atoms with Crippen molar-refractivity contribution in [3.05, 3.63) is 0 Å². The Morgan fingerprint density at radius 1 is 1.69 bits per heavy atom. The van der Waals surface area contributed by atoms with E-state index in [0.717, 1.165) is 6.42 Å². The number of hydrogen-bond donors (Lipinski definition) is 2. The molecule has 1 atom stereocenters. The van der Waals surface area contributed by atoms with E-state index >= 15 is 0 Å². The molecule has 76 valence electrons. The highest BCUT2D eigenvalue weighted by Crippen LogP contribution is 2.18. The van der Waals surface area contributed by atoms with Crippen LogP contribution in [0.15, 0.2) is 0 Å². The molecule has 0 aromatic heterocycles. The zero-order chi connectivity index (χ0) is 9.90. The predicted octanol–water partition coefficient (Wildman–Crippen LogP) is -0.243. The van der Waals surface area contributed by atoms with E-state index in [0.29, 0.717) is 13.0 Å². The van der Waals surface area contributed by atoms with Crippen LogP contribution in [-0.4, -0.2) is 49.1 Å². The van der Waals surface area contributed by atoms with Gasteiger partial charge in [0.2, 0.25) is 0 Å². The summed E-state index contributed by atoms with van der Waals surface area (Å²) in [5, 5.41) is 12.6. The first-order valence-corrected chi connectivity index (χ1v) is 4.35. The van der Waals surface area contributed by atoms with Crippen LogP contribution in [0.1, 0.15) is 12.8 Å². The van der Waals surface area contributed by atoms with Gasteiger partial charge in [0.25, 0.3) is 0 Å². The molecular formula is C8H16N2O3. The summed E-state index contributed by atoms with van der Waals surface area (Å²) in [5.41, 5.74) is -0.952. The molecule has 0 saturated carbocycles. The van der Waals surface area contributed by atoms with Gasteiger partial charge >= 0.3 is 6.09 Å². The SMILES string of the molecule is CNC1(O)CCCN(C(=O)OC)C1. The number of likely N-dealkylation sites (N-methyl/N-ethyl adjacent to an activating group) is 1. The van der Waals surface area contributed by atoms with Gasteiger partial charge in [0.1, 0.15) is 5.72 Å². The third kappa shape index (κ3) is 2.32. The van der Waals surface area contributed by atoms with E-state index in [1.54, 1.807) is 7.05 Å².